The van der Waals surface area contributed by atoms with Gasteiger partial charge in [0.05, 0.1) is 0 Å². The van der Waals surface area contributed by atoms with Gasteiger partial charge in [-0.1, -0.05) is 37.3 Å². The summed E-state index contributed by atoms with van der Waals surface area (Å²) in [6.07, 6.45) is 4.49. The molecule has 2 aromatic rings. The number of benzene rings is 1. The molecule has 3 heterocycles. The lowest BCUT2D eigenvalue weighted by Gasteiger charge is -2.36. The summed E-state index contributed by atoms with van der Waals surface area (Å²) in [5.41, 5.74) is 1.39. The molecule has 138 valence electrons. The molecule has 2 aliphatic rings. The highest BCUT2D eigenvalue weighted by atomic mass is 15.3. The molecular weight excluding hydrogens is 322 g/mol. The predicted molar refractivity (Wildman–Crippen MR) is 107 cm³/mol. The van der Waals surface area contributed by atoms with E-state index < -0.39 is 0 Å². The van der Waals surface area contributed by atoms with Gasteiger partial charge in [0.25, 0.3) is 0 Å². The summed E-state index contributed by atoms with van der Waals surface area (Å²) in [5, 5.41) is 0. The molecule has 2 aliphatic heterocycles. The zero-order valence-electron chi connectivity index (χ0n) is 15.7. The van der Waals surface area contributed by atoms with E-state index >= 15 is 0 Å². The molecule has 0 bridgehead atoms. The number of aromatic nitrogens is 2. The fourth-order valence-corrected chi connectivity index (χ4v) is 4.02. The zero-order chi connectivity index (χ0) is 17.8. The van der Waals surface area contributed by atoms with E-state index in [0.29, 0.717) is 0 Å². The van der Waals surface area contributed by atoms with Gasteiger partial charge in [-0.15, -0.1) is 0 Å². The van der Waals surface area contributed by atoms with Crippen LogP contribution < -0.4 is 9.80 Å². The van der Waals surface area contributed by atoms with Crippen LogP contribution in [-0.2, 0) is 6.54 Å². The quantitative estimate of drug-likeness (QED) is 0.846. The standard InChI is InChI=1S/C21H29N5/c1-18-6-5-11-26(16-18)21-22-10-9-20(23-21)25-14-12-24(13-15-25)17-19-7-3-2-4-8-19/h2-4,7-10,18H,5-6,11-17H2,1H3. The molecule has 2 fully saturated rings. The van der Waals surface area contributed by atoms with Crippen molar-refractivity contribution in [2.24, 2.45) is 5.92 Å². The van der Waals surface area contributed by atoms with Crippen molar-refractivity contribution in [1.29, 1.82) is 0 Å². The predicted octanol–water partition coefficient (Wildman–Crippen LogP) is 3.04. The number of piperazine rings is 1. The van der Waals surface area contributed by atoms with E-state index in [2.05, 4.69) is 63.0 Å². The van der Waals surface area contributed by atoms with Crippen LogP contribution in [0.15, 0.2) is 42.6 Å². The molecule has 0 aliphatic carbocycles. The fourth-order valence-electron chi connectivity index (χ4n) is 4.02. The number of hydrogen-bond donors (Lipinski definition) is 0. The lowest BCUT2D eigenvalue weighted by molar-refractivity contribution is 0.249. The fraction of sp³-hybridized carbons (Fsp3) is 0.524. The van der Waals surface area contributed by atoms with Gasteiger partial charge in [-0.05, 0) is 30.4 Å². The molecule has 1 aromatic heterocycles. The van der Waals surface area contributed by atoms with Gasteiger partial charge in [0.1, 0.15) is 5.82 Å². The van der Waals surface area contributed by atoms with Gasteiger partial charge in [-0.25, -0.2) is 4.98 Å². The highest BCUT2D eigenvalue weighted by Crippen LogP contribution is 2.22. The summed E-state index contributed by atoms with van der Waals surface area (Å²) in [7, 11) is 0. The smallest absolute Gasteiger partial charge is 0.227 e. The minimum absolute atomic E-state index is 0.734. The van der Waals surface area contributed by atoms with E-state index in [1.54, 1.807) is 0 Å². The van der Waals surface area contributed by atoms with Crippen LogP contribution in [0.2, 0.25) is 0 Å². The van der Waals surface area contributed by atoms with E-state index in [1.165, 1.54) is 18.4 Å². The lowest BCUT2D eigenvalue weighted by atomic mass is 10.0. The molecule has 1 atom stereocenters. The maximum atomic E-state index is 4.89. The Morgan fingerprint density at radius 2 is 1.77 bits per heavy atom. The number of rotatable bonds is 4. The van der Waals surface area contributed by atoms with E-state index in [0.717, 1.165) is 63.5 Å². The van der Waals surface area contributed by atoms with Crippen molar-refractivity contribution in [2.45, 2.75) is 26.3 Å². The summed E-state index contributed by atoms with van der Waals surface area (Å²) >= 11 is 0. The third-order valence-electron chi connectivity index (χ3n) is 5.51. The number of piperidine rings is 1. The first kappa shape index (κ1) is 17.3. The van der Waals surface area contributed by atoms with E-state index in [9.17, 15) is 0 Å². The maximum Gasteiger partial charge on any atom is 0.227 e. The Bertz CT molecular complexity index is 697. The number of hydrogen-bond acceptors (Lipinski definition) is 5. The molecule has 0 saturated carbocycles. The molecule has 5 heteroatoms. The SMILES string of the molecule is CC1CCCN(c2nccc(N3CCN(Cc4ccccc4)CC3)n2)C1. The molecule has 26 heavy (non-hydrogen) atoms. The summed E-state index contributed by atoms with van der Waals surface area (Å²) in [4.78, 5) is 16.7. The monoisotopic (exact) mass is 351 g/mol. The van der Waals surface area contributed by atoms with Crippen LogP contribution in [0.4, 0.5) is 11.8 Å². The molecule has 2 saturated heterocycles. The van der Waals surface area contributed by atoms with Crippen LogP contribution in [0, 0.1) is 5.92 Å². The molecule has 0 spiro atoms. The Morgan fingerprint density at radius 1 is 0.962 bits per heavy atom. The minimum atomic E-state index is 0.734. The Labute approximate surface area is 156 Å². The van der Waals surface area contributed by atoms with Crippen molar-refractivity contribution in [2.75, 3.05) is 49.1 Å². The van der Waals surface area contributed by atoms with E-state index in [4.69, 9.17) is 4.98 Å². The molecule has 1 aromatic carbocycles. The first-order valence-electron chi connectivity index (χ1n) is 9.87. The molecule has 0 amide bonds. The number of nitrogens with zero attached hydrogens (tertiary/aromatic N) is 5. The van der Waals surface area contributed by atoms with Crippen molar-refractivity contribution in [1.82, 2.24) is 14.9 Å². The van der Waals surface area contributed by atoms with Crippen LogP contribution in [0.3, 0.4) is 0 Å². The van der Waals surface area contributed by atoms with Crippen LogP contribution >= 0.6 is 0 Å². The highest BCUT2D eigenvalue weighted by molar-refractivity contribution is 5.44. The Balaban J connectivity index is 1.36. The summed E-state index contributed by atoms with van der Waals surface area (Å²) in [6.45, 7) is 9.73. The highest BCUT2D eigenvalue weighted by Gasteiger charge is 2.21. The average molecular weight is 351 g/mol. The van der Waals surface area contributed by atoms with Gasteiger partial charge in [-0.2, -0.15) is 4.98 Å². The Kier molecular flexibility index (Phi) is 5.34. The summed E-state index contributed by atoms with van der Waals surface area (Å²) in [5.74, 6) is 2.71. The Morgan fingerprint density at radius 3 is 2.54 bits per heavy atom. The third kappa shape index (κ3) is 4.15. The Hall–Kier alpha value is -2.14. The van der Waals surface area contributed by atoms with E-state index in [-0.39, 0.29) is 0 Å². The van der Waals surface area contributed by atoms with Crippen molar-refractivity contribution < 1.29 is 0 Å². The van der Waals surface area contributed by atoms with E-state index in [1.807, 2.05) is 6.20 Å². The second kappa shape index (κ2) is 8.04. The second-order valence-corrected chi connectivity index (χ2v) is 7.66. The molecule has 0 N–H and O–H groups in total. The van der Waals surface area contributed by atoms with Gasteiger partial charge < -0.3 is 9.80 Å². The molecule has 4 rings (SSSR count). The van der Waals surface area contributed by atoms with Crippen molar-refractivity contribution in [3.63, 3.8) is 0 Å². The van der Waals surface area contributed by atoms with Gasteiger partial charge in [0, 0.05) is 52.0 Å². The summed E-state index contributed by atoms with van der Waals surface area (Å²) in [6, 6.07) is 12.8. The van der Waals surface area contributed by atoms with Gasteiger partial charge >= 0.3 is 0 Å². The first-order valence-corrected chi connectivity index (χ1v) is 9.87. The third-order valence-corrected chi connectivity index (χ3v) is 5.51. The van der Waals surface area contributed by atoms with Crippen LogP contribution in [-0.4, -0.2) is 54.1 Å². The van der Waals surface area contributed by atoms with Crippen molar-refractivity contribution >= 4 is 11.8 Å². The summed E-state index contributed by atoms with van der Waals surface area (Å²) < 4.78 is 0. The van der Waals surface area contributed by atoms with Crippen LogP contribution in [0.25, 0.3) is 0 Å². The van der Waals surface area contributed by atoms with Crippen molar-refractivity contribution in [3.05, 3.63) is 48.2 Å². The van der Waals surface area contributed by atoms with Crippen LogP contribution in [0.1, 0.15) is 25.3 Å². The molecular formula is C21H29N5. The topological polar surface area (TPSA) is 35.5 Å². The van der Waals surface area contributed by atoms with Gasteiger partial charge in [0.15, 0.2) is 0 Å². The molecule has 1 unspecified atom stereocenters. The average Bonchev–Trinajstić information content (AvgIpc) is 2.69. The normalized spacial score (nSPS) is 21.8. The number of anilines is 2. The molecule has 0 radical (unpaired) electrons. The van der Waals surface area contributed by atoms with Crippen molar-refractivity contribution in [3.8, 4) is 0 Å². The minimum Gasteiger partial charge on any atom is -0.354 e. The van der Waals surface area contributed by atoms with Crippen LogP contribution in [0.5, 0.6) is 0 Å². The van der Waals surface area contributed by atoms with Gasteiger partial charge in [-0.3, -0.25) is 4.90 Å². The zero-order valence-corrected chi connectivity index (χ0v) is 15.7. The first-order chi connectivity index (χ1) is 12.8. The molecule has 5 nitrogen and oxygen atoms in total. The second-order valence-electron chi connectivity index (χ2n) is 7.66. The largest absolute Gasteiger partial charge is 0.354 e. The maximum absolute atomic E-state index is 4.89. The van der Waals surface area contributed by atoms with Gasteiger partial charge in [0.2, 0.25) is 5.95 Å². The lowest BCUT2D eigenvalue weighted by Crippen LogP contribution is -2.46.